The Morgan fingerprint density at radius 2 is 2.00 bits per heavy atom. The zero-order valence-corrected chi connectivity index (χ0v) is 10.9. The second kappa shape index (κ2) is 4.72. The molecule has 0 aromatic heterocycles. The molecule has 0 aliphatic heterocycles. The first kappa shape index (κ1) is 14.1. The van der Waals surface area contributed by atoms with Crippen molar-refractivity contribution in [3.05, 3.63) is 29.6 Å². The molecule has 0 unspecified atom stereocenters. The van der Waals surface area contributed by atoms with Gasteiger partial charge in [0.2, 0.25) is 10.0 Å². The largest absolute Gasteiger partial charge is 0.329 e. The highest BCUT2D eigenvalue weighted by atomic mass is 32.2. The summed E-state index contributed by atoms with van der Waals surface area (Å²) in [6.07, 6.45) is 0. The molecule has 0 aliphatic rings. The summed E-state index contributed by atoms with van der Waals surface area (Å²) in [6, 6.07) is 3.95. The number of sulfonamides is 1. The molecule has 6 heteroatoms. The molecular formula is C11H17FN2O2S. The van der Waals surface area contributed by atoms with E-state index in [4.69, 9.17) is 5.73 Å². The lowest BCUT2D eigenvalue weighted by Gasteiger charge is -2.24. The summed E-state index contributed by atoms with van der Waals surface area (Å²) in [5, 5.41) is 0. The van der Waals surface area contributed by atoms with E-state index in [0.717, 1.165) is 6.07 Å². The SMILES string of the molecule is Cc1ccc(F)c(S(=O)(=O)NC(C)(C)CN)c1. The lowest BCUT2D eigenvalue weighted by molar-refractivity contribution is 0.459. The standard InChI is InChI=1S/C11H17FN2O2S/c1-8-4-5-9(12)10(6-8)17(15,16)14-11(2,3)7-13/h4-6,14H,7,13H2,1-3H3. The minimum Gasteiger partial charge on any atom is -0.329 e. The van der Waals surface area contributed by atoms with Crippen molar-refractivity contribution in [1.29, 1.82) is 0 Å². The van der Waals surface area contributed by atoms with Crippen molar-refractivity contribution in [2.75, 3.05) is 6.54 Å². The van der Waals surface area contributed by atoms with Crippen LogP contribution in [0.1, 0.15) is 19.4 Å². The van der Waals surface area contributed by atoms with E-state index in [9.17, 15) is 12.8 Å². The van der Waals surface area contributed by atoms with E-state index in [1.165, 1.54) is 12.1 Å². The first-order valence-corrected chi connectivity index (χ1v) is 6.66. The Morgan fingerprint density at radius 3 is 2.53 bits per heavy atom. The molecule has 0 bridgehead atoms. The molecule has 17 heavy (non-hydrogen) atoms. The summed E-state index contributed by atoms with van der Waals surface area (Å²) < 4.78 is 39.8. The molecule has 4 nitrogen and oxygen atoms in total. The van der Waals surface area contributed by atoms with Crippen molar-refractivity contribution < 1.29 is 12.8 Å². The third-order valence-corrected chi connectivity index (χ3v) is 4.01. The van der Waals surface area contributed by atoms with E-state index in [0.29, 0.717) is 5.56 Å². The van der Waals surface area contributed by atoms with Crippen LogP contribution in [0.15, 0.2) is 23.1 Å². The van der Waals surface area contributed by atoms with E-state index in [1.54, 1.807) is 20.8 Å². The van der Waals surface area contributed by atoms with Gasteiger partial charge in [-0.25, -0.2) is 17.5 Å². The van der Waals surface area contributed by atoms with Crippen LogP contribution in [0.4, 0.5) is 4.39 Å². The van der Waals surface area contributed by atoms with Crippen LogP contribution in [0.3, 0.4) is 0 Å². The number of aryl methyl sites for hydroxylation is 1. The Balaban J connectivity index is 3.18. The molecule has 3 N–H and O–H groups in total. The Kier molecular flexibility index (Phi) is 3.91. The maximum atomic E-state index is 13.5. The third kappa shape index (κ3) is 3.49. The molecule has 0 amide bonds. The lowest BCUT2D eigenvalue weighted by atomic mass is 10.1. The van der Waals surface area contributed by atoms with Gasteiger partial charge < -0.3 is 5.73 Å². The summed E-state index contributed by atoms with van der Waals surface area (Å²) in [6.45, 7) is 5.10. The van der Waals surface area contributed by atoms with E-state index in [1.807, 2.05) is 0 Å². The van der Waals surface area contributed by atoms with Gasteiger partial charge in [-0.05, 0) is 38.5 Å². The van der Waals surface area contributed by atoms with Gasteiger partial charge in [0.1, 0.15) is 10.7 Å². The predicted octanol–water partition coefficient (Wildman–Crippen LogP) is 1.15. The highest BCUT2D eigenvalue weighted by molar-refractivity contribution is 7.89. The highest BCUT2D eigenvalue weighted by Crippen LogP contribution is 2.17. The maximum absolute atomic E-state index is 13.5. The number of benzene rings is 1. The zero-order chi connectivity index (χ0) is 13.3. The summed E-state index contributed by atoms with van der Waals surface area (Å²) >= 11 is 0. The fourth-order valence-electron chi connectivity index (χ4n) is 1.28. The monoisotopic (exact) mass is 260 g/mol. The van der Waals surface area contributed by atoms with Gasteiger partial charge in [-0.15, -0.1) is 0 Å². The smallest absolute Gasteiger partial charge is 0.244 e. The van der Waals surface area contributed by atoms with Gasteiger partial charge >= 0.3 is 0 Å². The Labute approximate surface area is 101 Å². The molecule has 0 saturated carbocycles. The van der Waals surface area contributed by atoms with Crippen molar-refractivity contribution in [2.45, 2.75) is 31.2 Å². The van der Waals surface area contributed by atoms with Crippen molar-refractivity contribution >= 4 is 10.0 Å². The van der Waals surface area contributed by atoms with Crippen molar-refractivity contribution in [2.24, 2.45) is 5.73 Å². The Bertz CT molecular complexity index is 512. The Hall–Kier alpha value is -0.980. The van der Waals surface area contributed by atoms with Crippen LogP contribution in [0.25, 0.3) is 0 Å². The van der Waals surface area contributed by atoms with Gasteiger partial charge in [-0.3, -0.25) is 0 Å². The van der Waals surface area contributed by atoms with Crippen molar-refractivity contribution in [3.63, 3.8) is 0 Å². The molecule has 0 atom stereocenters. The van der Waals surface area contributed by atoms with E-state index < -0.39 is 21.4 Å². The molecule has 0 saturated heterocycles. The first-order valence-electron chi connectivity index (χ1n) is 5.18. The van der Waals surface area contributed by atoms with Gasteiger partial charge in [0.15, 0.2) is 0 Å². The molecule has 0 aliphatic carbocycles. The van der Waals surface area contributed by atoms with Gasteiger partial charge in [-0.1, -0.05) is 6.07 Å². The van der Waals surface area contributed by atoms with Crippen LogP contribution in [-0.2, 0) is 10.0 Å². The van der Waals surface area contributed by atoms with Crippen molar-refractivity contribution in [3.8, 4) is 0 Å². The minimum atomic E-state index is -3.89. The Morgan fingerprint density at radius 1 is 1.41 bits per heavy atom. The number of hydrogen-bond donors (Lipinski definition) is 2. The summed E-state index contributed by atoms with van der Waals surface area (Å²) in [5.41, 5.74) is 5.31. The summed E-state index contributed by atoms with van der Waals surface area (Å²) in [4.78, 5) is -0.348. The van der Waals surface area contributed by atoms with Gasteiger partial charge in [0.25, 0.3) is 0 Å². The molecule has 1 aromatic carbocycles. The number of hydrogen-bond acceptors (Lipinski definition) is 3. The minimum absolute atomic E-state index is 0.125. The first-order chi connectivity index (χ1) is 7.68. The molecule has 0 fully saturated rings. The normalized spacial score (nSPS) is 12.8. The molecule has 0 radical (unpaired) electrons. The van der Waals surface area contributed by atoms with Gasteiger partial charge in [0.05, 0.1) is 0 Å². The van der Waals surface area contributed by atoms with Crippen LogP contribution in [-0.4, -0.2) is 20.5 Å². The molecule has 0 heterocycles. The molecule has 1 rings (SSSR count). The summed E-state index contributed by atoms with van der Waals surface area (Å²) in [7, 11) is -3.89. The van der Waals surface area contributed by atoms with Crippen LogP contribution < -0.4 is 10.5 Å². The summed E-state index contributed by atoms with van der Waals surface area (Å²) in [5.74, 6) is -0.768. The zero-order valence-electron chi connectivity index (χ0n) is 10.1. The van der Waals surface area contributed by atoms with Gasteiger partial charge in [0, 0.05) is 12.1 Å². The van der Waals surface area contributed by atoms with Crippen LogP contribution in [0.2, 0.25) is 0 Å². The topological polar surface area (TPSA) is 72.2 Å². The fourth-order valence-corrected chi connectivity index (χ4v) is 2.86. The number of halogens is 1. The van der Waals surface area contributed by atoms with E-state index in [-0.39, 0.29) is 11.4 Å². The van der Waals surface area contributed by atoms with Crippen LogP contribution in [0.5, 0.6) is 0 Å². The average Bonchev–Trinajstić information content (AvgIpc) is 2.20. The predicted molar refractivity (Wildman–Crippen MR) is 64.6 cm³/mol. The fraction of sp³-hybridized carbons (Fsp3) is 0.455. The second-order valence-corrected chi connectivity index (χ2v) is 6.28. The van der Waals surface area contributed by atoms with Crippen molar-refractivity contribution in [1.82, 2.24) is 4.72 Å². The number of nitrogens with two attached hydrogens (primary N) is 1. The highest BCUT2D eigenvalue weighted by Gasteiger charge is 2.27. The average molecular weight is 260 g/mol. The van der Waals surface area contributed by atoms with E-state index in [2.05, 4.69) is 4.72 Å². The van der Waals surface area contributed by atoms with Crippen LogP contribution >= 0.6 is 0 Å². The lowest BCUT2D eigenvalue weighted by Crippen LogP contribution is -2.48. The third-order valence-electron chi connectivity index (χ3n) is 2.30. The second-order valence-electron chi connectivity index (χ2n) is 4.63. The molecule has 1 aromatic rings. The number of rotatable bonds is 4. The van der Waals surface area contributed by atoms with Crippen LogP contribution in [0, 0.1) is 12.7 Å². The van der Waals surface area contributed by atoms with E-state index >= 15 is 0 Å². The molecule has 96 valence electrons. The quantitative estimate of drug-likeness (QED) is 0.853. The van der Waals surface area contributed by atoms with Gasteiger partial charge in [-0.2, -0.15) is 0 Å². The number of nitrogens with one attached hydrogen (secondary N) is 1. The maximum Gasteiger partial charge on any atom is 0.244 e. The molecular weight excluding hydrogens is 243 g/mol. The molecule has 0 spiro atoms.